The minimum atomic E-state index is -0.0599. The number of ether oxygens (including phenoxy) is 3. The summed E-state index contributed by atoms with van der Waals surface area (Å²) in [6.45, 7) is 3.24. The van der Waals surface area contributed by atoms with Crippen molar-refractivity contribution in [1.82, 2.24) is 5.32 Å². The van der Waals surface area contributed by atoms with Gasteiger partial charge in [0.15, 0.2) is 11.5 Å². The predicted molar refractivity (Wildman–Crippen MR) is 84.1 cm³/mol. The molecule has 1 amide bonds. The van der Waals surface area contributed by atoms with E-state index in [1.807, 2.05) is 18.2 Å². The van der Waals surface area contributed by atoms with Gasteiger partial charge in [-0.1, -0.05) is 19.1 Å². The quantitative estimate of drug-likeness (QED) is 0.877. The standard InChI is InChI=1S/C17H25NO4/c1-4-14-13(8-6-10-22-14)17(19)18-11-12-7-5-9-15(20-2)16(12)21-3/h5,7,9,13-14H,4,6,8,10-11H2,1-3H3,(H,18,19). The lowest BCUT2D eigenvalue weighted by molar-refractivity contribution is -0.134. The van der Waals surface area contributed by atoms with Crippen molar-refractivity contribution in [2.45, 2.75) is 38.8 Å². The monoisotopic (exact) mass is 307 g/mol. The van der Waals surface area contributed by atoms with Crippen molar-refractivity contribution >= 4 is 5.91 Å². The molecule has 1 fully saturated rings. The van der Waals surface area contributed by atoms with E-state index in [1.54, 1.807) is 14.2 Å². The molecule has 22 heavy (non-hydrogen) atoms. The highest BCUT2D eigenvalue weighted by Gasteiger charge is 2.30. The van der Waals surface area contributed by atoms with Crippen molar-refractivity contribution in [2.75, 3.05) is 20.8 Å². The Morgan fingerprint density at radius 3 is 2.86 bits per heavy atom. The molecule has 1 aliphatic heterocycles. The van der Waals surface area contributed by atoms with E-state index in [9.17, 15) is 4.79 Å². The van der Waals surface area contributed by atoms with Gasteiger partial charge in [0.25, 0.3) is 0 Å². The van der Waals surface area contributed by atoms with E-state index in [1.165, 1.54) is 0 Å². The van der Waals surface area contributed by atoms with Gasteiger partial charge in [0, 0.05) is 18.7 Å². The molecule has 1 saturated heterocycles. The van der Waals surface area contributed by atoms with Gasteiger partial charge in [-0.3, -0.25) is 4.79 Å². The summed E-state index contributed by atoms with van der Waals surface area (Å²) in [7, 11) is 3.21. The second-order valence-electron chi connectivity index (χ2n) is 5.44. The smallest absolute Gasteiger partial charge is 0.226 e. The molecule has 0 spiro atoms. The highest BCUT2D eigenvalue weighted by molar-refractivity contribution is 5.79. The number of hydrogen-bond acceptors (Lipinski definition) is 4. The highest BCUT2D eigenvalue weighted by atomic mass is 16.5. The Morgan fingerprint density at radius 2 is 2.18 bits per heavy atom. The molecule has 5 heteroatoms. The fourth-order valence-electron chi connectivity index (χ4n) is 2.95. The first-order chi connectivity index (χ1) is 10.7. The number of benzene rings is 1. The second-order valence-corrected chi connectivity index (χ2v) is 5.44. The lowest BCUT2D eigenvalue weighted by atomic mass is 9.92. The molecule has 0 radical (unpaired) electrons. The van der Waals surface area contributed by atoms with Crippen LogP contribution in [-0.4, -0.2) is 32.8 Å². The van der Waals surface area contributed by atoms with Crippen LogP contribution in [0, 0.1) is 5.92 Å². The fourth-order valence-corrected chi connectivity index (χ4v) is 2.95. The van der Waals surface area contributed by atoms with Crippen LogP contribution in [0.1, 0.15) is 31.7 Å². The van der Waals surface area contributed by atoms with Crippen molar-refractivity contribution in [1.29, 1.82) is 0 Å². The summed E-state index contributed by atoms with van der Waals surface area (Å²) in [6.07, 6.45) is 2.72. The lowest BCUT2D eigenvalue weighted by Crippen LogP contribution is -2.41. The van der Waals surface area contributed by atoms with E-state index in [-0.39, 0.29) is 17.9 Å². The summed E-state index contributed by atoms with van der Waals surface area (Å²) in [5.74, 6) is 1.32. The van der Waals surface area contributed by atoms with Crippen LogP contribution in [0.25, 0.3) is 0 Å². The van der Waals surface area contributed by atoms with Gasteiger partial charge >= 0.3 is 0 Å². The Kier molecular flexibility index (Phi) is 6.07. The summed E-state index contributed by atoms with van der Waals surface area (Å²) in [5.41, 5.74) is 0.903. The van der Waals surface area contributed by atoms with Gasteiger partial charge in [-0.15, -0.1) is 0 Å². The number of amides is 1. The number of para-hydroxylation sites is 1. The first-order valence-corrected chi connectivity index (χ1v) is 7.80. The van der Waals surface area contributed by atoms with Gasteiger partial charge in [-0.2, -0.15) is 0 Å². The maximum Gasteiger partial charge on any atom is 0.226 e. The van der Waals surface area contributed by atoms with Gasteiger partial charge in [0.2, 0.25) is 5.91 Å². The third-order valence-electron chi connectivity index (χ3n) is 4.12. The zero-order valence-corrected chi connectivity index (χ0v) is 13.6. The van der Waals surface area contributed by atoms with Crippen molar-refractivity contribution in [2.24, 2.45) is 5.92 Å². The van der Waals surface area contributed by atoms with E-state index in [4.69, 9.17) is 14.2 Å². The third kappa shape index (κ3) is 3.71. The molecule has 2 atom stereocenters. The van der Waals surface area contributed by atoms with Crippen LogP contribution in [0.3, 0.4) is 0 Å². The minimum Gasteiger partial charge on any atom is -0.493 e. The molecular weight excluding hydrogens is 282 g/mol. The molecule has 0 aliphatic carbocycles. The molecule has 1 aromatic carbocycles. The molecule has 1 N–H and O–H groups in total. The van der Waals surface area contributed by atoms with Crippen LogP contribution in [0.5, 0.6) is 11.5 Å². The number of methoxy groups -OCH3 is 2. The lowest BCUT2D eigenvalue weighted by Gasteiger charge is -2.30. The molecule has 0 bridgehead atoms. The van der Waals surface area contributed by atoms with E-state index in [0.29, 0.717) is 18.0 Å². The van der Waals surface area contributed by atoms with E-state index < -0.39 is 0 Å². The van der Waals surface area contributed by atoms with E-state index in [2.05, 4.69) is 12.2 Å². The summed E-state index contributed by atoms with van der Waals surface area (Å²) in [4.78, 5) is 12.4. The zero-order chi connectivity index (χ0) is 15.9. The van der Waals surface area contributed by atoms with E-state index in [0.717, 1.165) is 31.4 Å². The zero-order valence-electron chi connectivity index (χ0n) is 13.6. The van der Waals surface area contributed by atoms with E-state index >= 15 is 0 Å². The molecule has 1 heterocycles. The number of carbonyl (C=O) groups is 1. The molecule has 122 valence electrons. The molecule has 0 aromatic heterocycles. The maximum absolute atomic E-state index is 12.4. The molecule has 1 aromatic rings. The molecule has 5 nitrogen and oxygen atoms in total. The van der Waals surface area contributed by atoms with Crippen LogP contribution in [0.15, 0.2) is 18.2 Å². The average molecular weight is 307 g/mol. The summed E-state index contributed by atoms with van der Waals surface area (Å²) in [5, 5.41) is 3.00. The Labute approximate surface area is 131 Å². The molecule has 2 rings (SSSR count). The minimum absolute atomic E-state index is 0.0287. The molecule has 0 saturated carbocycles. The second kappa shape index (κ2) is 8.03. The summed E-state index contributed by atoms with van der Waals surface area (Å²) in [6, 6.07) is 5.66. The number of hydrogen-bond donors (Lipinski definition) is 1. The molecular formula is C17H25NO4. The summed E-state index contributed by atoms with van der Waals surface area (Å²) < 4.78 is 16.4. The van der Waals surface area contributed by atoms with Gasteiger partial charge in [-0.25, -0.2) is 0 Å². The first-order valence-electron chi connectivity index (χ1n) is 7.80. The van der Waals surface area contributed by atoms with Crippen molar-refractivity contribution in [3.63, 3.8) is 0 Å². The van der Waals surface area contributed by atoms with Crippen molar-refractivity contribution in [3.8, 4) is 11.5 Å². The first kappa shape index (κ1) is 16.6. The van der Waals surface area contributed by atoms with Crippen LogP contribution in [-0.2, 0) is 16.1 Å². The van der Waals surface area contributed by atoms with Crippen LogP contribution in [0.4, 0.5) is 0 Å². The van der Waals surface area contributed by atoms with Crippen molar-refractivity contribution in [3.05, 3.63) is 23.8 Å². The topological polar surface area (TPSA) is 56.8 Å². The largest absolute Gasteiger partial charge is 0.493 e. The van der Waals surface area contributed by atoms with Crippen LogP contribution < -0.4 is 14.8 Å². The number of rotatable bonds is 6. The number of carbonyl (C=O) groups excluding carboxylic acids is 1. The summed E-state index contributed by atoms with van der Waals surface area (Å²) >= 11 is 0. The Morgan fingerprint density at radius 1 is 1.36 bits per heavy atom. The van der Waals surface area contributed by atoms with Gasteiger partial charge in [0.1, 0.15) is 0 Å². The normalized spacial score (nSPS) is 21.2. The van der Waals surface area contributed by atoms with Crippen LogP contribution >= 0.6 is 0 Å². The fraction of sp³-hybridized carbons (Fsp3) is 0.588. The highest BCUT2D eigenvalue weighted by Crippen LogP contribution is 2.30. The predicted octanol–water partition coefficient (Wildman–Crippen LogP) is 2.53. The average Bonchev–Trinajstić information content (AvgIpc) is 2.58. The van der Waals surface area contributed by atoms with Gasteiger partial charge < -0.3 is 19.5 Å². The van der Waals surface area contributed by atoms with Crippen molar-refractivity contribution < 1.29 is 19.0 Å². The molecule has 1 aliphatic rings. The Hall–Kier alpha value is -1.75. The Balaban J connectivity index is 2.01. The van der Waals surface area contributed by atoms with Gasteiger partial charge in [-0.05, 0) is 25.3 Å². The Bertz CT molecular complexity index is 503. The maximum atomic E-state index is 12.4. The van der Waals surface area contributed by atoms with Gasteiger partial charge in [0.05, 0.1) is 26.2 Å². The molecule has 2 unspecified atom stereocenters. The number of nitrogens with one attached hydrogen (secondary N) is 1. The SMILES string of the molecule is CCC1OCCCC1C(=O)NCc1cccc(OC)c1OC. The third-order valence-corrected chi connectivity index (χ3v) is 4.12. The van der Waals surface area contributed by atoms with Crippen LogP contribution in [0.2, 0.25) is 0 Å².